The van der Waals surface area contributed by atoms with Crippen LogP contribution < -0.4 is 5.32 Å². The van der Waals surface area contributed by atoms with Crippen molar-refractivity contribution in [3.63, 3.8) is 0 Å². The van der Waals surface area contributed by atoms with E-state index in [2.05, 4.69) is 5.32 Å². The predicted octanol–water partition coefficient (Wildman–Crippen LogP) is 3.74. The van der Waals surface area contributed by atoms with Crippen molar-refractivity contribution in [1.82, 2.24) is 5.32 Å². The molecule has 1 aliphatic carbocycles. The van der Waals surface area contributed by atoms with E-state index in [9.17, 15) is 8.78 Å². The van der Waals surface area contributed by atoms with Gasteiger partial charge in [-0.3, -0.25) is 0 Å². The lowest BCUT2D eigenvalue weighted by atomic mass is 10.0. The van der Waals surface area contributed by atoms with E-state index in [-0.39, 0.29) is 0 Å². The molecule has 100 valence electrons. The predicted molar refractivity (Wildman–Crippen MR) is 69.7 cm³/mol. The fraction of sp³-hybridized carbons (Fsp3) is 0.600. The van der Waals surface area contributed by atoms with Crippen LogP contribution in [0, 0.1) is 18.6 Å². The maximum Gasteiger partial charge on any atom is 0.129 e. The maximum atomic E-state index is 13.5. The van der Waals surface area contributed by atoms with Crippen LogP contribution in [0.1, 0.15) is 43.2 Å². The summed E-state index contributed by atoms with van der Waals surface area (Å²) in [6.07, 6.45) is 6.54. The number of unbranched alkanes of at least 4 members (excludes halogenated alkanes) is 2. The summed E-state index contributed by atoms with van der Waals surface area (Å²) in [5.74, 6) is -0.862. The van der Waals surface area contributed by atoms with Crippen molar-refractivity contribution in [2.45, 2.75) is 51.5 Å². The van der Waals surface area contributed by atoms with Crippen LogP contribution in [0.15, 0.2) is 12.1 Å². The van der Waals surface area contributed by atoms with Crippen molar-refractivity contribution in [3.8, 4) is 0 Å². The highest BCUT2D eigenvalue weighted by Gasteiger charge is 2.19. The van der Waals surface area contributed by atoms with Crippen LogP contribution in [-0.4, -0.2) is 12.6 Å². The van der Waals surface area contributed by atoms with E-state index in [1.807, 2.05) is 0 Å². The smallest absolute Gasteiger partial charge is 0.129 e. The second-order valence-electron chi connectivity index (χ2n) is 5.23. The first-order chi connectivity index (χ1) is 8.66. The van der Waals surface area contributed by atoms with Gasteiger partial charge in [-0.25, -0.2) is 8.78 Å². The Morgan fingerprint density at radius 3 is 2.61 bits per heavy atom. The molecule has 0 heterocycles. The zero-order chi connectivity index (χ0) is 13.0. The average molecular weight is 253 g/mol. The van der Waals surface area contributed by atoms with Crippen LogP contribution in [0.3, 0.4) is 0 Å². The van der Waals surface area contributed by atoms with Gasteiger partial charge in [0.25, 0.3) is 0 Å². The molecule has 0 atom stereocenters. The lowest BCUT2D eigenvalue weighted by Gasteiger charge is -2.06. The molecule has 0 amide bonds. The van der Waals surface area contributed by atoms with Gasteiger partial charge in [0.2, 0.25) is 0 Å². The van der Waals surface area contributed by atoms with Crippen LogP contribution >= 0.6 is 0 Å². The molecule has 1 saturated carbocycles. The molecule has 2 rings (SSSR count). The molecule has 0 radical (unpaired) electrons. The molecule has 1 aromatic rings. The summed E-state index contributed by atoms with van der Waals surface area (Å²) in [6, 6.07) is 3.40. The van der Waals surface area contributed by atoms with Gasteiger partial charge in [0.05, 0.1) is 0 Å². The molecular formula is C15H21F2N. The van der Waals surface area contributed by atoms with Crippen LogP contribution in [-0.2, 0) is 6.42 Å². The lowest BCUT2D eigenvalue weighted by molar-refractivity contribution is 0.556. The number of benzene rings is 1. The Hall–Kier alpha value is -0.960. The Morgan fingerprint density at radius 2 is 1.89 bits per heavy atom. The van der Waals surface area contributed by atoms with Crippen LogP contribution in [0.5, 0.6) is 0 Å². The number of rotatable bonds is 7. The number of hydrogen-bond acceptors (Lipinski definition) is 1. The van der Waals surface area contributed by atoms with Crippen molar-refractivity contribution in [2.75, 3.05) is 6.54 Å². The molecule has 1 nitrogen and oxygen atoms in total. The van der Waals surface area contributed by atoms with Crippen molar-refractivity contribution in [2.24, 2.45) is 0 Å². The summed E-state index contributed by atoms with van der Waals surface area (Å²) < 4.78 is 26.5. The lowest BCUT2D eigenvalue weighted by Crippen LogP contribution is -2.17. The van der Waals surface area contributed by atoms with Gasteiger partial charge < -0.3 is 5.32 Å². The quantitative estimate of drug-likeness (QED) is 0.730. The number of halogens is 2. The summed E-state index contributed by atoms with van der Waals surface area (Å²) in [6.45, 7) is 2.74. The van der Waals surface area contributed by atoms with Gasteiger partial charge >= 0.3 is 0 Å². The van der Waals surface area contributed by atoms with Crippen molar-refractivity contribution < 1.29 is 8.78 Å². The molecule has 0 bridgehead atoms. The minimum Gasteiger partial charge on any atom is -0.314 e. The molecule has 0 aromatic heterocycles. The summed E-state index contributed by atoms with van der Waals surface area (Å²) in [4.78, 5) is 0. The normalized spacial score (nSPS) is 15.1. The molecule has 1 aromatic carbocycles. The van der Waals surface area contributed by atoms with Gasteiger partial charge in [0.15, 0.2) is 0 Å². The molecule has 1 aliphatic rings. The Bertz CT molecular complexity index is 400. The van der Waals surface area contributed by atoms with Crippen LogP contribution in [0.2, 0.25) is 0 Å². The Morgan fingerprint density at radius 1 is 1.11 bits per heavy atom. The molecule has 1 fully saturated rings. The van der Waals surface area contributed by atoms with E-state index in [0.29, 0.717) is 17.5 Å². The average Bonchev–Trinajstić information content (AvgIpc) is 3.13. The fourth-order valence-electron chi connectivity index (χ4n) is 2.12. The van der Waals surface area contributed by atoms with E-state index >= 15 is 0 Å². The molecule has 0 unspecified atom stereocenters. The second kappa shape index (κ2) is 6.28. The van der Waals surface area contributed by atoms with E-state index in [4.69, 9.17) is 0 Å². The van der Waals surface area contributed by atoms with Gasteiger partial charge in [-0.05, 0) is 56.7 Å². The highest BCUT2D eigenvalue weighted by atomic mass is 19.1. The molecule has 3 heteroatoms. The van der Waals surface area contributed by atoms with Crippen molar-refractivity contribution >= 4 is 0 Å². The van der Waals surface area contributed by atoms with Gasteiger partial charge in [-0.15, -0.1) is 0 Å². The monoisotopic (exact) mass is 253 g/mol. The highest BCUT2D eigenvalue weighted by Crippen LogP contribution is 2.19. The van der Waals surface area contributed by atoms with Crippen LogP contribution in [0.4, 0.5) is 8.78 Å². The molecule has 0 aliphatic heterocycles. The van der Waals surface area contributed by atoms with E-state index < -0.39 is 11.6 Å². The number of hydrogen-bond donors (Lipinski definition) is 1. The Labute approximate surface area is 108 Å². The first-order valence-corrected chi connectivity index (χ1v) is 6.84. The van der Waals surface area contributed by atoms with Gasteiger partial charge in [0.1, 0.15) is 11.6 Å². The summed E-state index contributed by atoms with van der Waals surface area (Å²) in [7, 11) is 0. The highest BCUT2D eigenvalue weighted by molar-refractivity contribution is 5.25. The SMILES string of the molecule is Cc1cc(CCCCCNC2CC2)c(F)cc1F. The van der Waals surface area contributed by atoms with E-state index in [1.165, 1.54) is 12.8 Å². The third-order valence-electron chi connectivity index (χ3n) is 3.46. The van der Waals surface area contributed by atoms with Crippen LogP contribution in [0.25, 0.3) is 0 Å². The molecule has 0 spiro atoms. The first kappa shape index (κ1) is 13.5. The summed E-state index contributed by atoms with van der Waals surface area (Å²) >= 11 is 0. The topological polar surface area (TPSA) is 12.0 Å². The third-order valence-corrected chi connectivity index (χ3v) is 3.46. The maximum absolute atomic E-state index is 13.5. The minimum absolute atomic E-state index is 0.408. The second-order valence-corrected chi connectivity index (χ2v) is 5.23. The zero-order valence-corrected chi connectivity index (χ0v) is 10.9. The zero-order valence-electron chi connectivity index (χ0n) is 10.9. The number of nitrogens with one attached hydrogen (secondary N) is 1. The van der Waals surface area contributed by atoms with Crippen molar-refractivity contribution in [1.29, 1.82) is 0 Å². The molecule has 1 N–H and O–H groups in total. The van der Waals surface area contributed by atoms with Gasteiger partial charge in [0, 0.05) is 12.1 Å². The minimum atomic E-state index is -0.454. The molecule has 18 heavy (non-hydrogen) atoms. The van der Waals surface area contributed by atoms with Gasteiger partial charge in [-0.1, -0.05) is 12.5 Å². The number of aryl methyl sites for hydroxylation is 2. The summed E-state index contributed by atoms with van der Waals surface area (Å²) in [5, 5.41) is 3.46. The molecule has 0 saturated heterocycles. The van der Waals surface area contributed by atoms with E-state index in [1.54, 1.807) is 13.0 Å². The standard InChI is InChI=1S/C15H21F2N/c1-11-9-12(15(17)10-14(11)16)5-3-2-4-8-18-13-6-7-13/h9-10,13,18H,2-8H2,1H3. The Kier molecular flexibility index (Phi) is 4.70. The van der Waals surface area contributed by atoms with Gasteiger partial charge in [-0.2, -0.15) is 0 Å². The van der Waals surface area contributed by atoms with Crippen molar-refractivity contribution in [3.05, 3.63) is 34.9 Å². The largest absolute Gasteiger partial charge is 0.314 e. The third kappa shape index (κ3) is 4.05. The summed E-state index contributed by atoms with van der Waals surface area (Å²) in [5.41, 5.74) is 1.17. The molecular weight excluding hydrogens is 232 g/mol. The fourth-order valence-corrected chi connectivity index (χ4v) is 2.12. The first-order valence-electron chi connectivity index (χ1n) is 6.84. The van der Waals surface area contributed by atoms with E-state index in [0.717, 1.165) is 37.9 Å². The Balaban J connectivity index is 1.67.